The van der Waals surface area contributed by atoms with Crippen molar-refractivity contribution in [3.63, 3.8) is 0 Å². The number of benzene rings is 2. The topological polar surface area (TPSA) is 50.7 Å². The maximum atomic E-state index is 12.7. The predicted molar refractivity (Wildman–Crippen MR) is 92.7 cm³/mol. The van der Waals surface area contributed by atoms with Crippen molar-refractivity contribution >= 4 is 21.9 Å². The monoisotopic (exact) mass is 303 g/mol. The molecule has 0 aliphatic rings. The van der Waals surface area contributed by atoms with Gasteiger partial charge in [-0.25, -0.2) is 4.98 Å². The Kier molecular flexibility index (Phi) is 3.23. The third kappa shape index (κ3) is 2.42. The van der Waals surface area contributed by atoms with Crippen LogP contribution in [0.4, 0.5) is 0 Å². The van der Waals surface area contributed by atoms with E-state index in [1.54, 1.807) is 10.9 Å². The molecule has 0 radical (unpaired) electrons. The van der Waals surface area contributed by atoms with Crippen LogP contribution < -0.4 is 5.56 Å². The Morgan fingerprint density at radius 3 is 2.78 bits per heavy atom. The number of H-pyrrole nitrogens is 1. The molecular formula is C19H17N3O. The number of hydrogen-bond donors (Lipinski definition) is 1. The maximum Gasteiger partial charge on any atom is 0.277 e. The second-order valence-electron chi connectivity index (χ2n) is 5.88. The third-order valence-electron chi connectivity index (χ3n) is 4.21. The molecule has 4 heteroatoms. The summed E-state index contributed by atoms with van der Waals surface area (Å²) in [5.41, 5.74) is 4.66. The molecule has 0 aliphatic heterocycles. The van der Waals surface area contributed by atoms with Gasteiger partial charge in [0, 0.05) is 17.4 Å². The highest BCUT2D eigenvalue weighted by Crippen LogP contribution is 2.22. The number of aromatic nitrogens is 3. The van der Waals surface area contributed by atoms with Crippen molar-refractivity contribution < 1.29 is 0 Å². The molecule has 0 spiro atoms. The summed E-state index contributed by atoms with van der Waals surface area (Å²) < 4.78 is 1.68. The summed E-state index contributed by atoms with van der Waals surface area (Å²) in [6, 6.07) is 16.3. The molecule has 2 aromatic carbocycles. The van der Waals surface area contributed by atoms with Crippen molar-refractivity contribution in [1.82, 2.24) is 14.5 Å². The Bertz CT molecular complexity index is 1040. The number of hydrogen-bond acceptors (Lipinski definition) is 2. The van der Waals surface area contributed by atoms with E-state index in [4.69, 9.17) is 0 Å². The van der Waals surface area contributed by atoms with E-state index in [2.05, 4.69) is 22.1 Å². The van der Waals surface area contributed by atoms with Crippen LogP contribution in [0.3, 0.4) is 0 Å². The van der Waals surface area contributed by atoms with Crippen LogP contribution in [0.5, 0.6) is 0 Å². The van der Waals surface area contributed by atoms with Crippen LogP contribution in [-0.2, 0) is 13.0 Å². The Hall–Kier alpha value is -2.88. The minimum atomic E-state index is -0.0141. The first-order valence-electron chi connectivity index (χ1n) is 7.74. The quantitative estimate of drug-likeness (QED) is 0.630. The normalized spacial score (nSPS) is 11.3. The molecule has 1 N–H and O–H groups in total. The number of fused-ring (bicyclic) bond motifs is 3. The predicted octanol–water partition coefficient (Wildman–Crippen LogP) is 3.43. The summed E-state index contributed by atoms with van der Waals surface area (Å²) in [5, 5.41) is 0.998. The van der Waals surface area contributed by atoms with E-state index in [0.717, 1.165) is 28.4 Å². The zero-order valence-corrected chi connectivity index (χ0v) is 12.9. The van der Waals surface area contributed by atoms with Gasteiger partial charge in [-0.15, -0.1) is 0 Å². The molecule has 0 atom stereocenters. The van der Waals surface area contributed by atoms with Crippen LogP contribution in [0, 0.1) is 6.92 Å². The van der Waals surface area contributed by atoms with Crippen LogP contribution in [0.25, 0.3) is 21.9 Å². The van der Waals surface area contributed by atoms with Crippen molar-refractivity contribution in [3.8, 4) is 0 Å². The molecule has 2 aromatic heterocycles. The molecule has 23 heavy (non-hydrogen) atoms. The van der Waals surface area contributed by atoms with E-state index in [1.165, 1.54) is 5.56 Å². The molecule has 0 amide bonds. The highest BCUT2D eigenvalue weighted by Gasteiger charge is 2.10. The molecule has 114 valence electrons. The zero-order chi connectivity index (χ0) is 15.8. The van der Waals surface area contributed by atoms with Gasteiger partial charge in [0.15, 0.2) is 0 Å². The fraction of sp³-hybridized carbons (Fsp3) is 0.158. The lowest BCUT2D eigenvalue weighted by Crippen LogP contribution is -2.21. The highest BCUT2D eigenvalue weighted by atomic mass is 16.1. The molecule has 0 fully saturated rings. The van der Waals surface area contributed by atoms with Gasteiger partial charge in [-0.2, -0.15) is 0 Å². The Balaban J connectivity index is 1.75. The smallest absolute Gasteiger partial charge is 0.277 e. The van der Waals surface area contributed by atoms with Crippen molar-refractivity contribution in [1.29, 1.82) is 0 Å². The van der Waals surface area contributed by atoms with Crippen molar-refractivity contribution in [2.75, 3.05) is 0 Å². The average molecular weight is 303 g/mol. The number of nitrogens with zero attached hydrogens (tertiary/aromatic N) is 2. The summed E-state index contributed by atoms with van der Waals surface area (Å²) in [6.07, 6.45) is 2.47. The van der Waals surface area contributed by atoms with Gasteiger partial charge in [0.2, 0.25) is 0 Å². The second kappa shape index (κ2) is 5.39. The van der Waals surface area contributed by atoms with Gasteiger partial charge in [-0.05, 0) is 30.5 Å². The van der Waals surface area contributed by atoms with Crippen LogP contribution >= 0.6 is 0 Å². The SMILES string of the molecule is Cc1ccc2c(c1)[nH]c1c(=O)n(CCc3ccccc3)cnc12. The first-order chi connectivity index (χ1) is 11.2. The van der Waals surface area contributed by atoms with E-state index in [1.807, 2.05) is 43.3 Å². The average Bonchev–Trinajstić information content (AvgIpc) is 2.93. The molecule has 2 heterocycles. The minimum absolute atomic E-state index is 0.0141. The Morgan fingerprint density at radius 2 is 1.96 bits per heavy atom. The molecular weight excluding hydrogens is 286 g/mol. The Labute approximate surface area is 133 Å². The standard InChI is InChI=1S/C19H17N3O/c1-13-7-8-15-16(11-13)21-18-17(15)20-12-22(19(18)23)10-9-14-5-3-2-4-6-14/h2-8,11-12,21H,9-10H2,1H3. The third-order valence-corrected chi connectivity index (χ3v) is 4.21. The number of nitrogens with one attached hydrogen (secondary N) is 1. The minimum Gasteiger partial charge on any atom is -0.349 e. The van der Waals surface area contributed by atoms with E-state index in [9.17, 15) is 4.79 Å². The summed E-state index contributed by atoms with van der Waals surface area (Å²) in [4.78, 5) is 20.4. The first kappa shape index (κ1) is 13.8. The number of aromatic amines is 1. The lowest BCUT2D eigenvalue weighted by molar-refractivity contribution is 0.662. The van der Waals surface area contributed by atoms with Crippen molar-refractivity contribution in [2.45, 2.75) is 19.9 Å². The molecule has 0 unspecified atom stereocenters. The van der Waals surface area contributed by atoms with E-state index in [-0.39, 0.29) is 5.56 Å². The molecule has 4 nitrogen and oxygen atoms in total. The lowest BCUT2D eigenvalue weighted by Gasteiger charge is -2.05. The van der Waals surface area contributed by atoms with Crippen LogP contribution in [-0.4, -0.2) is 14.5 Å². The number of aryl methyl sites for hydroxylation is 3. The summed E-state index contributed by atoms with van der Waals surface area (Å²) in [5.74, 6) is 0. The zero-order valence-electron chi connectivity index (χ0n) is 12.9. The fourth-order valence-electron chi connectivity index (χ4n) is 2.96. The molecule has 4 aromatic rings. The summed E-state index contributed by atoms with van der Waals surface area (Å²) >= 11 is 0. The highest BCUT2D eigenvalue weighted by molar-refractivity contribution is 6.04. The summed E-state index contributed by atoms with van der Waals surface area (Å²) in [7, 11) is 0. The van der Waals surface area contributed by atoms with Gasteiger partial charge in [0.25, 0.3) is 5.56 Å². The Morgan fingerprint density at radius 1 is 1.13 bits per heavy atom. The molecule has 0 bridgehead atoms. The van der Waals surface area contributed by atoms with E-state index >= 15 is 0 Å². The van der Waals surface area contributed by atoms with Gasteiger partial charge in [0.05, 0.1) is 6.33 Å². The van der Waals surface area contributed by atoms with E-state index in [0.29, 0.717) is 12.1 Å². The van der Waals surface area contributed by atoms with Crippen molar-refractivity contribution in [2.24, 2.45) is 0 Å². The van der Waals surface area contributed by atoms with E-state index < -0.39 is 0 Å². The largest absolute Gasteiger partial charge is 0.349 e. The molecule has 0 saturated heterocycles. The number of rotatable bonds is 3. The van der Waals surface area contributed by atoms with Gasteiger partial charge in [-0.3, -0.25) is 9.36 Å². The second-order valence-corrected chi connectivity index (χ2v) is 5.88. The lowest BCUT2D eigenvalue weighted by atomic mass is 10.1. The van der Waals surface area contributed by atoms with Gasteiger partial charge < -0.3 is 4.98 Å². The van der Waals surface area contributed by atoms with Crippen LogP contribution in [0.1, 0.15) is 11.1 Å². The first-order valence-corrected chi connectivity index (χ1v) is 7.74. The summed E-state index contributed by atoms with van der Waals surface area (Å²) in [6.45, 7) is 2.66. The molecule has 0 aliphatic carbocycles. The van der Waals surface area contributed by atoms with Gasteiger partial charge >= 0.3 is 0 Å². The van der Waals surface area contributed by atoms with Crippen molar-refractivity contribution in [3.05, 3.63) is 76.3 Å². The van der Waals surface area contributed by atoms with Crippen LogP contribution in [0.2, 0.25) is 0 Å². The fourth-order valence-corrected chi connectivity index (χ4v) is 2.96. The van der Waals surface area contributed by atoms with Gasteiger partial charge in [0.1, 0.15) is 11.0 Å². The van der Waals surface area contributed by atoms with Crippen LogP contribution in [0.15, 0.2) is 59.7 Å². The molecule has 0 saturated carbocycles. The van der Waals surface area contributed by atoms with Gasteiger partial charge in [-0.1, -0.05) is 42.5 Å². The maximum absolute atomic E-state index is 12.7. The molecule has 4 rings (SSSR count).